The van der Waals surface area contributed by atoms with Crippen molar-refractivity contribution in [2.75, 3.05) is 18.6 Å². The van der Waals surface area contributed by atoms with Crippen LogP contribution in [0.4, 0.5) is 5.69 Å². The van der Waals surface area contributed by atoms with Crippen molar-refractivity contribution in [2.45, 2.75) is 19.4 Å². The summed E-state index contributed by atoms with van der Waals surface area (Å²) in [6.45, 7) is 1.69. The summed E-state index contributed by atoms with van der Waals surface area (Å²) in [5, 5.41) is 14.4. The first-order valence-electron chi connectivity index (χ1n) is 10.6. The molecule has 2 N–H and O–H groups in total. The Labute approximate surface area is 194 Å². The Morgan fingerprint density at radius 3 is 2.79 bits per heavy atom. The molecular formula is C23H21N7O4. The second kappa shape index (κ2) is 8.77. The van der Waals surface area contributed by atoms with Gasteiger partial charge in [0.15, 0.2) is 5.82 Å². The van der Waals surface area contributed by atoms with Gasteiger partial charge in [0.05, 0.1) is 5.69 Å². The van der Waals surface area contributed by atoms with Crippen LogP contribution in [0.1, 0.15) is 27.8 Å². The quantitative estimate of drug-likeness (QED) is 0.461. The number of benzene rings is 2. The number of amides is 2. The minimum absolute atomic E-state index is 0.0252. The van der Waals surface area contributed by atoms with Crippen LogP contribution in [0.15, 0.2) is 53.1 Å². The number of aromatic amines is 1. The Kier molecular flexibility index (Phi) is 5.50. The molecule has 0 saturated carbocycles. The highest BCUT2D eigenvalue weighted by Gasteiger charge is 2.32. The zero-order chi connectivity index (χ0) is 23.7. The number of aromatic nitrogens is 5. The van der Waals surface area contributed by atoms with Gasteiger partial charge in [0.25, 0.3) is 17.7 Å². The summed E-state index contributed by atoms with van der Waals surface area (Å²) in [6, 6.07) is 14.0. The van der Waals surface area contributed by atoms with Crippen LogP contribution in [-0.4, -0.2) is 56.8 Å². The molecule has 1 atom stereocenters. The van der Waals surface area contributed by atoms with E-state index in [1.165, 1.54) is 4.90 Å². The number of carbonyl (C=O) groups is 2. The van der Waals surface area contributed by atoms with E-state index in [1.807, 2.05) is 30.3 Å². The number of hydrogen-bond acceptors (Lipinski definition) is 8. The molecule has 11 nitrogen and oxygen atoms in total. The Hall–Kier alpha value is -4.54. The van der Waals surface area contributed by atoms with Gasteiger partial charge in [-0.1, -0.05) is 35.5 Å². The third-order valence-corrected chi connectivity index (χ3v) is 5.40. The predicted molar refractivity (Wildman–Crippen MR) is 120 cm³/mol. The lowest BCUT2D eigenvalue weighted by Crippen LogP contribution is -2.49. The third kappa shape index (κ3) is 4.22. The zero-order valence-corrected chi connectivity index (χ0v) is 18.5. The van der Waals surface area contributed by atoms with Crippen LogP contribution in [0, 0.1) is 6.92 Å². The summed E-state index contributed by atoms with van der Waals surface area (Å²) in [7, 11) is 1.62. The fourth-order valence-corrected chi connectivity index (χ4v) is 3.64. The Morgan fingerprint density at radius 1 is 1.21 bits per heavy atom. The standard InChI is InChI=1S/C23H21N7O4/c1-13-24-22(34-29-13)15-8-9-18-17(11-15)30(2)23(32)16(12-33-18)25-21(31)20-26-19(27-28-20)10-14-6-4-3-5-7-14/h3-9,11,16H,10,12H2,1-2H3,(H,25,31)(H,26,27,28)/t16-/m0/s1. The number of hydrogen-bond donors (Lipinski definition) is 2. The maximum Gasteiger partial charge on any atom is 0.289 e. The first-order valence-corrected chi connectivity index (χ1v) is 10.6. The fraction of sp³-hybridized carbons (Fsp3) is 0.217. The molecule has 172 valence electrons. The fourth-order valence-electron chi connectivity index (χ4n) is 3.64. The SMILES string of the molecule is Cc1noc(-c2ccc3c(c2)N(C)C(=O)[C@@H](NC(=O)c2nnc(Cc4ccccc4)[nH]2)CO3)n1. The van der Waals surface area contributed by atoms with Crippen LogP contribution in [0.2, 0.25) is 0 Å². The molecule has 2 amide bonds. The number of nitrogens with zero attached hydrogens (tertiary/aromatic N) is 5. The molecule has 0 unspecified atom stereocenters. The monoisotopic (exact) mass is 459 g/mol. The second-order valence-electron chi connectivity index (χ2n) is 7.85. The number of carbonyl (C=O) groups excluding carboxylic acids is 2. The van der Waals surface area contributed by atoms with Crippen molar-refractivity contribution in [1.82, 2.24) is 30.6 Å². The van der Waals surface area contributed by atoms with E-state index < -0.39 is 11.9 Å². The van der Waals surface area contributed by atoms with Gasteiger partial charge in [-0.05, 0) is 30.7 Å². The van der Waals surface area contributed by atoms with E-state index >= 15 is 0 Å². The molecule has 1 aliphatic rings. The normalized spacial score (nSPS) is 15.4. The summed E-state index contributed by atoms with van der Waals surface area (Å²) in [4.78, 5) is 34.4. The van der Waals surface area contributed by atoms with Crippen LogP contribution in [0.25, 0.3) is 11.5 Å². The number of nitrogens with one attached hydrogen (secondary N) is 2. The van der Waals surface area contributed by atoms with Crippen molar-refractivity contribution in [2.24, 2.45) is 0 Å². The Balaban J connectivity index is 1.30. The first-order chi connectivity index (χ1) is 16.5. The molecule has 5 rings (SSSR count). The molecule has 0 bridgehead atoms. The Bertz CT molecular complexity index is 1350. The van der Waals surface area contributed by atoms with Crippen molar-refractivity contribution >= 4 is 17.5 Å². The minimum Gasteiger partial charge on any atom is -0.489 e. The van der Waals surface area contributed by atoms with Gasteiger partial charge >= 0.3 is 0 Å². The third-order valence-electron chi connectivity index (χ3n) is 5.40. The number of H-pyrrole nitrogens is 1. The van der Waals surface area contributed by atoms with E-state index in [1.54, 1.807) is 32.2 Å². The number of fused-ring (bicyclic) bond motifs is 1. The van der Waals surface area contributed by atoms with E-state index in [-0.39, 0.29) is 18.3 Å². The van der Waals surface area contributed by atoms with Crippen LogP contribution < -0.4 is 15.0 Å². The highest BCUT2D eigenvalue weighted by molar-refractivity contribution is 6.02. The number of aryl methyl sites for hydroxylation is 1. The minimum atomic E-state index is -0.915. The maximum atomic E-state index is 13.1. The highest BCUT2D eigenvalue weighted by atomic mass is 16.5. The molecule has 2 aromatic heterocycles. The molecule has 0 aliphatic carbocycles. The molecule has 3 heterocycles. The molecule has 0 spiro atoms. The van der Waals surface area contributed by atoms with Crippen molar-refractivity contribution in [3.8, 4) is 17.2 Å². The van der Waals surface area contributed by atoms with Gasteiger partial charge in [-0.15, -0.1) is 10.2 Å². The van der Waals surface area contributed by atoms with E-state index in [0.717, 1.165) is 5.56 Å². The lowest BCUT2D eigenvalue weighted by Gasteiger charge is -2.20. The lowest BCUT2D eigenvalue weighted by atomic mass is 10.1. The number of likely N-dealkylation sites (N-methyl/N-ethyl adjacent to an activating group) is 1. The van der Waals surface area contributed by atoms with Gasteiger partial charge in [-0.25, -0.2) is 0 Å². The lowest BCUT2D eigenvalue weighted by molar-refractivity contribution is -0.120. The first kappa shape index (κ1) is 21.3. The maximum absolute atomic E-state index is 13.1. The summed E-state index contributed by atoms with van der Waals surface area (Å²) in [5.74, 6) is 1.03. The molecule has 34 heavy (non-hydrogen) atoms. The van der Waals surface area contributed by atoms with E-state index in [9.17, 15) is 9.59 Å². The zero-order valence-electron chi connectivity index (χ0n) is 18.5. The number of anilines is 1. The average molecular weight is 459 g/mol. The van der Waals surface area contributed by atoms with Gasteiger partial charge in [-0.2, -0.15) is 4.98 Å². The van der Waals surface area contributed by atoms with Gasteiger partial charge in [0.1, 0.15) is 24.2 Å². The van der Waals surface area contributed by atoms with Crippen LogP contribution in [0.3, 0.4) is 0 Å². The summed E-state index contributed by atoms with van der Waals surface area (Å²) in [5.41, 5.74) is 2.21. The average Bonchev–Trinajstić information content (AvgIpc) is 3.48. The number of ether oxygens (including phenoxy) is 1. The molecule has 11 heteroatoms. The highest BCUT2D eigenvalue weighted by Crippen LogP contribution is 2.34. The van der Waals surface area contributed by atoms with E-state index in [2.05, 4.69) is 30.6 Å². The second-order valence-corrected chi connectivity index (χ2v) is 7.85. The van der Waals surface area contributed by atoms with Crippen LogP contribution >= 0.6 is 0 Å². The van der Waals surface area contributed by atoms with Crippen molar-refractivity contribution in [3.63, 3.8) is 0 Å². The topological polar surface area (TPSA) is 139 Å². The molecule has 0 saturated heterocycles. The summed E-state index contributed by atoms with van der Waals surface area (Å²) >= 11 is 0. The van der Waals surface area contributed by atoms with Crippen molar-refractivity contribution in [3.05, 3.63) is 71.6 Å². The van der Waals surface area contributed by atoms with Gasteiger partial charge in [-0.3, -0.25) is 9.59 Å². The van der Waals surface area contributed by atoms with Gasteiger partial charge in [0, 0.05) is 19.0 Å². The number of rotatable bonds is 5. The van der Waals surface area contributed by atoms with Crippen molar-refractivity contribution in [1.29, 1.82) is 0 Å². The molecule has 4 aromatic rings. The largest absolute Gasteiger partial charge is 0.489 e. The molecule has 0 fully saturated rings. The van der Waals surface area contributed by atoms with E-state index in [0.29, 0.717) is 41.0 Å². The Morgan fingerprint density at radius 2 is 2.03 bits per heavy atom. The molecule has 1 aliphatic heterocycles. The summed E-state index contributed by atoms with van der Waals surface area (Å²) < 4.78 is 11.0. The predicted octanol–water partition coefficient (Wildman–Crippen LogP) is 1.91. The smallest absolute Gasteiger partial charge is 0.289 e. The van der Waals surface area contributed by atoms with E-state index in [4.69, 9.17) is 9.26 Å². The molecule has 0 radical (unpaired) electrons. The molecular weight excluding hydrogens is 438 g/mol. The van der Waals surface area contributed by atoms with Crippen LogP contribution in [0.5, 0.6) is 5.75 Å². The molecule has 2 aromatic carbocycles. The summed E-state index contributed by atoms with van der Waals surface area (Å²) in [6.07, 6.45) is 0.506. The van der Waals surface area contributed by atoms with Gasteiger partial charge < -0.3 is 24.5 Å². The van der Waals surface area contributed by atoms with Crippen LogP contribution in [-0.2, 0) is 11.2 Å². The van der Waals surface area contributed by atoms with Gasteiger partial charge in [0.2, 0.25) is 5.82 Å². The van der Waals surface area contributed by atoms with Crippen molar-refractivity contribution < 1.29 is 18.8 Å².